The van der Waals surface area contributed by atoms with E-state index in [0.29, 0.717) is 11.1 Å². The molecule has 0 saturated carbocycles. The van der Waals surface area contributed by atoms with E-state index >= 15 is 0 Å². The van der Waals surface area contributed by atoms with Crippen molar-refractivity contribution in [2.45, 2.75) is 37.4 Å². The second-order valence-electron chi connectivity index (χ2n) is 7.83. The fourth-order valence-corrected chi connectivity index (χ4v) is 3.75. The van der Waals surface area contributed by atoms with Gasteiger partial charge in [0.15, 0.2) is 23.3 Å². The summed E-state index contributed by atoms with van der Waals surface area (Å²) >= 11 is 0. The summed E-state index contributed by atoms with van der Waals surface area (Å²) in [4.78, 5) is 37.9. The Balaban J connectivity index is 1.57. The van der Waals surface area contributed by atoms with Crippen molar-refractivity contribution in [1.29, 1.82) is 0 Å². The van der Waals surface area contributed by atoms with Crippen molar-refractivity contribution in [3.05, 3.63) is 83.9 Å². The number of esters is 2. The van der Waals surface area contributed by atoms with Crippen LogP contribution >= 0.6 is 0 Å². The van der Waals surface area contributed by atoms with Crippen LogP contribution in [0.25, 0.3) is 0 Å². The summed E-state index contributed by atoms with van der Waals surface area (Å²) in [5.41, 5.74) is -0.906. The molecule has 1 saturated heterocycles. The Labute approximate surface area is 179 Å². The van der Waals surface area contributed by atoms with E-state index < -0.39 is 41.3 Å². The van der Waals surface area contributed by atoms with Gasteiger partial charge in [-0.3, -0.25) is 4.79 Å². The van der Waals surface area contributed by atoms with Crippen LogP contribution < -0.4 is 0 Å². The quantitative estimate of drug-likeness (QED) is 0.684. The highest BCUT2D eigenvalue weighted by atomic mass is 16.8. The third-order valence-electron chi connectivity index (χ3n) is 5.13. The van der Waals surface area contributed by atoms with E-state index in [9.17, 15) is 14.4 Å². The van der Waals surface area contributed by atoms with Gasteiger partial charge >= 0.3 is 11.9 Å². The van der Waals surface area contributed by atoms with E-state index in [1.807, 2.05) is 0 Å². The molecule has 2 aromatic rings. The number of benzene rings is 2. The Morgan fingerprint density at radius 2 is 1.52 bits per heavy atom. The van der Waals surface area contributed by atoms with Gasteiger partial charge in [0.2, 0.25) is 0 Å². The molecule has 1 aliphatic carbocycles. The summed E-state index contributed by atoms with van der Waals surface area (Å²) in [6.45, 7) is 2.92. The van der Waals surface area contributed by atoms with Gasteiger partial charge in [0.25, 0.3) is 0 Å². The van der Waals surface area contributed by atoms with Gasteiger partial charge < -0.3 is 18.9 Å². The van der Waals surface area contributed by atoms with Crippen LogP contribution in [0.3, 0.4) is 0 Å². The molecule has 1 aliphatic heterocycles. The number of fused-ring (bicyclic) bond motifs is 1. The van der Waals surface area contributed by atoms with Crippen molar-refractivity contribution >= 4 is 17.7 Å². The van der Waals surface area contributed by atoms with E-state index in [2.05, 4.69) is 0 Å². The predicted molar refractivity (Wildman–Crippen MR) is 109 cm³/mol. The minimum atomic E-state index is -1.62. The monoisotopic (exact) mass is 422 g/mol. The number of carbonyl (C=O) groups is 3. The molecule has 2 aromatic carbocycles. The molecule has 2 aliphatic rings. The minimum absolute atomic E-state index is 0.347. The third-order valence-corrected chi connectivity index (χ3v) is 5.13. The molecule has 0 spiro atoms. The average molecular weight is 422 g/mol. The summed E-state index contributed by atoms with van der Waals surface area (Å²) < 4.78 is 23.0. The molecule has 0 radical (unpaired) electrons. The maximum Gasteiger partial charge on any atom is 0.338 e. The maximum atomic E-state index is 12.9. The first-order valence-corrected chi connectivity index (χ1v) is 9.90. The second kappa shape index (κ2) is 8.09. The van der Waals surface area contributed by atoms with Crippen LogP contribution in [-0.2, 0) is 23.7 Å². The first kappa shape index (κ1) is 21.0. The first-order chi connectivity index (χ1) is 14.8. The number of hydrogen-bond acceptors (Lipinski definition) is 7. The molecule has 0 aromatic heterocycles. The molecule has 0 amide bonds. The highest BCUT2D eigenvalue weighted by Gasteiger charge is 2.63. The van der Waals surface area contributed by atoms with Crippen LogP contribution in [0.1, 0.15) is 34.6 Å². The first-order valence-electron chi connectivity index (χ1n) is 9.90. The molecule has 1 fully saturated rings. The second-order valence-corrected chi connectivity index (χ2v) is 7.83. The number of hydrogen-bond donors (Lipinski definition) is 0. The zero-order chi connectivity index (χ0) is 22.1. The van der Waals surface area contributed by atoms with Gasteiger partial charge in [0, 0.05) is 0 Å². The molecule has 1 heterocycles. The summed E-state index contributed by atoms with van der Waals surface area (Å²) in [6, 6.07) is 16.9. The molecule has 4 rings (SSSR count). The summed E-state index contributed by atoms with van der Waals surface area (Å²) in [5.74, 6) is -2.73. The fourth-order valence-electron chi connectivity index (χ4n) is 3.75. The predicted octanol–water partition coefficient (Wildman–Crippen LogP) is 3.10. The molecule has 0 N–H and O–H groups in total. The number of carbonyl (C=O) groups excluding carboxylic acids is 3. The molecule has 0 bridgehead atoms. The molecule has 31 heavy (non-hydrogen) atoms. The van der Waals surface area contributed by atoms with Gasteiger partial charge in [0.1, 0.15) is 12.7 Å². The Morgan fingerprint density at radius 1 is 0.935 bits per heavy atom. The summed E-state index contributed by atoms with van der Waals surface area (Å²) in [5, 5.41) is 0. The van der Waals surface area contributed by atoms with Gasteiger partial charge in [-0.1, -0.05) is 36.4 Å². The topological polar surface area (TPSA) is 88.1 Å². The molecule has 3 atom stereocenters. The van der Waals surface area contributed by atoms with Crippen LogP contribution in [0.2, 0.25) is 0 Å². The van der Waals surface area contributed by atoms with E-state index in [4.69, 9.17) is 18.9 Å². The largest absolute Gasteiger partial charge is 0.458 e. The molecule has 0 unspecified atom stereocenters. The maximum absolute atomic E-state index is 12.9. The van der Waals surface area contributed by atoms with Gasteiger partial charge in [0.05, 0.1) is 11.1 Å². The minimum Gasteiger partial charge on any atom is -0.458 e. The van der Waals surface area contributed by atoms with Crippen molar-refractivity contribution in [1.82, 2.24) is 0 Å². The fraction of sp³-hybridized carbons (Fsp3) is 0.292. The average Bonchev–Trinajstić information content (AvgIpc) is 3.07. The molecular formula is C24H22O7. The standard InChI is InChI=1S/C24H22O7/c1-23(2)30-20-18(29-22(27)17-11-7-4-8-12-17)13-14-19(25)24(20,31-23)15-28-21(26)16-9-5-3-6-10-16/h3-14,18,20H,15H2,1-2H3/t18-,20+,24-/m0/s1. The SMILES string of the molecule is CC1(C)O[C@@H]2[C@@H](OC(=O)c3ccccc3)C=CC(=O)[C@]2(COC(=O)c2ccccc2)O1. The Kier molecular flexibility index (Phi) is 5.47. The number of ether oxygens (including phenoxy) is 4. The van der Waals surface area contributed by atoms with E-state index in [0.717, 1.165) is 0 Å². The zero-order valence-corrected chi connectivity index (χ0v) is 17.1. The lowest BCUT2D eigenvalue weighted by atomic mass is 9.84. The smallest absolute Gasteiger partial charge is 0.338 e. The summed E-state index contributed by atoms with van der Waals surface area (Å²) in [6.07, 6.45) is 0.870. The van der Waals surface area contributed by atoms with Crippen molar-refractivity contribution in [3.63, 3.8) is 0 Å². The lowest BCUT2D eigenvalue weighted by Gasteiger charge is -2.35. The molecule has 160 valence electrons. The normalized spacial score (nSPS) is 26.2. The van der Waals surface area contributed by atoms with Gasteiger partial charge in [-0.2, -0.15) is 0 Å². The highest BCUT2D eigenvalue weighted by Crippen LogP contribution is 2.42. The highest BCUT2D eigenvalue weighted by molar-refractivity contribution is 6.00. The number of ketones is 1. The van der Waals surface area contributed by atoms with E-state index in [1.165, 1.54) is 12.2 Å². The van der Waals surface area contributed by atoms with Crippen molar-refractivity contribution in [3.8, 4) is 0 Å². The van der Waals surface area contributed by atoms with Crippen molar-refractivity contribution < 1.29 is 33.3 Å². The number of rotatable bonds is 5. The zero-order valence-electron chi connectivity index (χ0n) is 17.1. The van der Waals surface area contributed by atoms with Crippen LogP contribution in [0.15, 0.2) is 72.8 Å². The Bertz CT molecular complexity index is 1010. The molecular weight excluding hydrogens is 400 g/mol. The van der Waals surface area contributed by atoms with Crippen LogP contribution in [0.5, 0.6) is 0 Å². The lowest BCUT2D eigenvalue weighted by molar-refractivity contribution is -0.176. The third kappa shape index (κ3) is 4.15. The molecule has 7 heteroatoms. The lowest BCUT2D eigenvalue weighted by Crippen LogP contribution is -2.58. The van der Waals surface area contributed by atoms with Gasteiger partial charge in [-0.15, -0.1) is 0 Å². The van der Waals surface area contributed by atoms with Crippen molar-refractivity contribution in [2.75, 3.05) is 6.61 Å². The Hall–Kier alpha value is -3.29. The van der Waals surface area contributed by atoms with E-state index in [-0.39, 0.29) is 6.61 Å². The van der Waals surface area contributed by atoms with Crippen molar-refractivity contribution in [2.24, 2.45) is 0 Å². The molecule has 7 nitrogen and oxygen atoms in total. The van der Waals surface area contributed by atoms with Crippen LogP contribution in [0.4, 0.5) is 0 Å². The van der Waals surface area contributed by atoms with E-state index in [1.54, 1.807) is 74.5 Å². The van der Waals surface area contributed by atoms with Crippen LogP contribution in [-0.4, -0.2) is 47.9 Å². The van der Waals surface area contributed by atoms with Gasteiger partial charge in [-0.05, 0) is 50.3 Å². The summed E-state index contributed by atoms with van der Waals surface area (Å²) in [7, 11) is 0. The van der Waals surface area contributed by atoms with Crippen LogP contribution in [0, 0.1) is 0 Å². The Morgan fingerprint density at radius 3 is 2.13 bits per heavy atom. The van der Waals surface area contributed by atoms with Gasteiger partial charge in [-0.25, -0.2) is 9.59 Å².